The van der Waals surface area contributed by atoms with Crippen LogP contribution in [0.5, 0.6) is 28.7 Å². The van der Waals surface area contributed by atoms with Gasteiger partial charge >= 0.3 is 5.63 Å². The number of anilines is 2. The number of ether oxygens (including phenoxy) is 3. The number of rotatable bonds is 18. The fraction of sp³-hybridized carbons (Fsp3) is 0.163. The minimum Gasteiger partial charge on any atom is -0.507 e. The Kier molecular flexibility index (Phi) is 24.4. The number of nitrogens with one attached hydrogen (secondary N) is 3. The number of sulfonamides is 1. The molecule has 1 saturated heterocycles. The number of thiophene rings is 1. The topological polar surface area (TPSA) is 322 Å². The number of halogens is 2. The molecule has 2 amide bonds. The summed E-state index contributed by atoms with van der Waals surface area (Å²) in [5.74, 6) is 2.71. The third-order valence-electron chi connectivity index (χ3n) is 18.8. The van der Waals surface area contributed by atoms with Crippen LogP contribution in [0.2, 0.25) is 10.0 Å². The number of aromatic nitrogens is 4. The normalized spacial score (nSPS) is 13.6. The zero-order valence-corrected chi connectivity index (χ0v) is 65.8. The van der Waals surface area contributed by atoms with Gasteiger partial charge in [0, 0.05) is 92.8 Å². The molecule has 5 N–H and O–H groups in total. The number of carbonyl (C=O) groups is 4. The average molecular weight is 1620 g/mol. The van der Waals surface area contributed by atoms with Gasteiger partial charge in [-0.1, -0.05) is 150 Å². The van der Waals surface area contributed by atoms with Crippen molar-refractivity contribution in [2.75, 3.05) is 36.9 Å². The monoisotopic (exact) mass is 1620 g/mol. The van der Waals surface area contributed by atoms with Crippen LogP contribution >= 0.6 is 46.1 Å². The van der Waals surface area contributed by atoms with Gasteiger partial charge in [0.05, 0.1) is 59.0 Å². The van der Waals surface area contributed by atoms with E-state index in [2.05, 4.69) is 52.5 Å². The molecule has 5 aromatic heterocycles. The molecule has 114 heavy (non-hydrogen) atoms. The van der Waals surface area contributed by atoms with Crippen molar-refractivity contribution in [3.05, 3.63) is 297 Å². The number of aryl methyl sites for hydroxylation is 2. The van der Waals surface area contributed by atoms with Crippen molar-refractivity contribution in [1.82, 2.24) is 30.2 Å². The van der Waals surface area contributed by atoms with Crippen molar-refractivity contribution in [2.45, 2.75) is 63.8 Å². The lowest BCUT2D eigenvalue weighted by Gasteiger charge is -2.33. The molecule has 0 radical (unpaired) electrons. The quantitative estimate of drug-likeness (QED) is 0.0303. The maximum Gasteiger partial charge on any atom is 0.336 e. The highest BCUT2D eigenvalue weighted by Gasteiger charge is 2.32. The van der Waals surface area contributed by atoms with Gasteiger partial charge in [0.15, 0.2) is 22.5 Å². The van der Waals surface area contributed by atoms with E-state index in [1.54, 1.807) is 76.9 Å². The van der Waals surface area contributed by atoms with E-state index in [1.165, 1.54) is 48.4 Å². The van der Waals surface area contributed by atoms with Crippen LogP contribution in [0.4, 0.5) is 11.5 Å². The summed E-state index contributed by atoms with van der Waals surface area (Å²) in [6, 6.07) is 55.8. The fourth-order valence-electron chi connectivity index (χ4n) is 12.8. The van der Waals surface area contributed by atoms with Crippen molar-refractivity contribution in [3.63, 3.8) is 0 Å². The van der Waals surface area contributed by atoms with E-state index in [1.807, 2.05) is 122 Å². The number of para-hydroxylation sites is 1. The van der Waals surface area contributed by atoms with E-state index in [9.17, 15) is 47.4 Å². The van der Waals surface area contributed by atoms with Crippen LogP contribution in [0.1, 0.15) is 101 Å². The molecule has 28 heteroatoms. The Morgan fingerprint density at radius 1 is 0.737 bits per heavy atom. The molecule has 1 aliphatic carbocycles. The molecular formula is C86H72Cl2N8O15S3. The molecule has 13 aromatic rings. The van der Waals surface area contributed by atoms with Gasteiger partial charge in [0.1, 0.15) is 67.4 Å². The van der Waals surface area contributed by atoms with Crippen LogP contribution < -0.4 is 45.5 Å². The van der Waals surface area contributed by atoms with Crippen LogP contribution in [0.25, 0.3) is 61.6 Å². The number of piperidine rings is 1. The highest BCUT2D eigenvalue weighted by molar-refractivity contribution is 7.92. The zero-order valence-electron chi connectivity index (χ0n) is 61.9. The van der Waals surface area contributed by atoms with E-state index in [0.717, 1.165) is 93.0 Å². The van der Waals surface area contributed by atoms with Crippen LogP contribution in [0, 0.1) is 19.8 Å². The van der Waals surface area contributed by atoms with E-state index < -0.39 is 31.7 Å². The summed E-state index contributed by atoms with van der Waals surface area (Å²) >= 11 is 14.2. The first kappa shape index (κ1) is 79.5. The van der Waals surface area contributed by atoms with E-state index in [0.29, 0.717) is 90.6 Å². The number of fused-ring (bicyclic) bond motifs is 3. The number of phenolic OH excluding ortho intramolecular Hbond substituents is 2. The summed E-state index contributed by atoms with van der Waals surface area (Å²) in [7, 11) is -1.29. The highest BCUT2D eigenvalue weighted by Crippen LogP contribution is 2.43. The first-order valence-corrected chi connectivity index (χ1v) is 39.5. The van der Waals surface area contributed by atoms with Gasteiger partial charge in [-0.25, -0.2) is 23.2 Å². The second-order valence-corrected chi connectivity index (χ2v) is 31.1. The Bertz CT molecular complexity index is 6160. The second-order valence-electron chi connectivity index (χ2n) is 26.7. The molecule has 0 bridgehead atoms. The minimum absolute atomic E-state index is 0.00144. The van der Waals surface area contributed by atoms with Gasteiger partial charge < -0.3 is 48.8 Å². The molecule has 16 rings (SSSR count). The molecule has 2 fully saturated rings. The first-order valence-electron chi connectivity index (χ1n) is 35.7. The number of aromatic hydroxyl groups is 2. The van der Waals surface area contributed by atoms with Crippen LogP contribution in [0.15, 0.2) is 242 Å². The molecule has 578 valence electrons. The van der Waals surface area contributed by atoms with Crippen molar-refractivity contribution in [1.29, 1.82) is 0 Å². The SMILES string of the molecule is C=C1Oc2ccccc2C=C1NC(=O)C1CCCN(c2cc(C3CC3)ncn2)C1.COc1cc(OC)c2c(-c3cccc(-c4ccc(C(C)=O)cc4)c3)cc(=O)oc2c1.Cc1ccccc1-c1cc(=O)c2c(O)ccc(NS(=O)(=O)c3cc(Cl)cc(Cl)c3O)c2o1.Cc1nnsc1C(=O)NCc1ccc(C(=O)c2ccccc2)s1. The van der Waals surface area contributed by atoms with Crippen molar-refractivity contribution >= 4 is 119 Å². The Balaban J connectivity index is 0.000000133. The average Bonchev–Trinajstić information content (AvgIpc) is 1.06. The Morgan fingerprint density at radius 3 is 2.23 bits per heavy atom. The van der Waals surface area contributed by atoms with Gasteiger partial charge in [-0.2, -0.15) is 0 Å². The number of benzene rings is 8. The predicted octanol–water partition coefficient (Wildman–Crippen LogP) is 17.3. The molecule has 1 saturated carbocycles. The van der Waals surface area contributed by atoms with Gasteiger partial charge in [-0.15, -0.1) is 16.4 Å². The van der Waals surface area contributed by atoms with Gasteiger partial charge in [-0.05, 0) is 135 Å². The zero-order chi connectivity index (χ0) is 80.5. The largest absolute Gasteiger partial charge is 0.507 e. The number of amides is 2. The smallest absolute Gasteiger partial charge is 0.336 e. The van der Waals surface area contributed by atoms with E-state index >= 15 is 0 Å². The molecule has 7 heterocycles. The summed E-state index contributed by atoms with van der Waals surface area (Å²) in [6.45, 7) is 11.0. The molecule has 23 nitrogen and oxygen atoms in total. The molecule has 2 aliphatic heterocycles. The number of carbonyl (C=O) groups excluding carboxylic acids is 4. The van der Waals surface area contributed by atoms with Crippen LogP contribution in [0.3, 0.4) is 0 Å². The summed E-state index contributed by atoms with van der Waals surface area (Å²) in [6.07, 6.45) is 7.82. The molecule has 1 unspecified atom stereocenters. The lowest BCUT2D eigenvalue weighted by molar-refractivity contribution is -0.124. The Morgan fingerprint density at radius 2 is 1.49 bits per heavy atom. The summed E-state index contributed by atoms with van der Waals surface area (Å²) in [4.78, 5) is 86.5. The fourth-order valence-corrected chi connectivity index (χ4v) is 16.1. The molecule has 8 aromatic carbocycles. The number of methoxy groups -OCH3 is 2. The maximum absolute atomic E-state index is 13.0. The number of ketones is 2. The number of phenols is 2. The predicted molar refractivity (Wildman–Crippen MR) is 441 cm³/mol. The molecule has 1 atom stereocenters. The molecule has 0 spiro atoms. The number of Topliss-reactive ketones (excluding diaryl/α,β-unsaturated/α-hetero) is 1. The highest BCUT2D eigenvalue weighted by atomic mass is 35.5. The van der Waals surface area contributed by atoms with Gasteiger partial charge in [-0.3, -0.25) is 28.7 Å². The first-order chi connectivity index (χ1) is 54.9. The van der Waals surface area contributed by atoms with Crippen molar-refractivity contribution in [3.8, 4) is 62.3 Å². The number of nitrogens with zero attached hydrogens (tertiary/aromatic N) is 5. The minimum atomic E-state index is -4.40. The lowest BCUT2D eigenvalue weighted by Crippen LogP contribution is -2.43. The van der Waals surface area contributed by atoms with Gasteiger partial charge in [0.25, 0.3) is 15.9 Å². The van der Waals surface area contributed by atoms with Crippen molar-refractivity contribution in [2.24, 2.45) is 5.92 Å². The summed E-state index contributed by atoms with van der Waals surface area (Å²) < 4.78 is 59.9. The lowest BCUT2D eigenvalue weighted by atomic mass is 9.96. The molecule has 3 aliphatic rings. The summed E-state index contributed by atoms with van der Waals surface area (Å²) in [5.41, 5.74) is 8.69. The van der Waals surface area contributed by atoms with Gasteiger partial charge in [0.2, 0.25) is 11.7 Å². The summed E-state index contributed by atoms with van der Waals surface area (Å²) in [5, 5.41) is 30.3. The maximum atomic E-state index is 13.0. The Hall–Kier alpha value is -12.6. The van der Waals surface area contributed by atoms with Crippen molar-refractivity contribution < 1.29 is 60.9 Å². The van der Waals surface area contributed by atoms with Crippen LogP contribution in [-0.2, 0) is 21.4 Å². The second kappa shape index (κ2) is 35.0. The Labute approximate surface area is 672 Å². The number of hydrogen-bond acceptors (Lipinski definition) is 22. The standard InChI is InChI=1S/C25H20O5.C23H24N4O2.C22H15Cl2NO6S.C16H13N3O2S2/c1-15(26)16-7-9-17(10-8-16)18-5-4-6-19(11-18)21-14-24(27)30-23-13-20(28-2)12-22(29-3)25(21)23;1-15-19(11-17-5-2-3-7-21(17)29-15)26-23(28)18-6-4-10-27(13-18)22-12-20(16-8-9-16)24-14-25-22;1-11-4-2-3-5-13(11)18-10-17(27)20-16(26)7-6-15(22(20)31-18)25-32(29,30)19-9-12(23)8-14(24)21(19)28;1-10-15(23-19-18-10)16(21)17-9-12-7-8-13(22-12)14(20)11-5-3-2-4-6-11/h4-14H,1-3H3;2-3,5,7,11-12,14,16,18H,1,4,6,8-10,13H2,(H,26,28);2-10,25-26,28H,1H3;2-8H,9H2,1H3,(H,17,21). The number of hydrogen-bond donors (Lipinski definition) is 5. The van der Waals surface area contributed by atoms with E-state index in [4.69, 9.17) is 46.2 Å². The third kappa shape index (κ3) is 18.5. The van der Waals surface area contributed by atoms with Crippen LogP contribution in [-0.4, -0.2) is 88.9 Å². The third-order valence-corrected chi connectivity index (χ3v) is 22.6. The molecular weight excluding hydrogens is 1550 g/mol. The van der Waals surface area contributed by atoms with E-state index in [-0.39, 0.29) is 67.5 Å².